The first-order valence-electron chi connectivity index (χ1n) is 6.21. The van der Waals surface area contributed by atoms with Crippen LogP contribution in [0.25, 0.3) is 0 Å². The molecule has 2 rings (SSSR count). The molecule has 0 radical (unpaired) electrons. The normalized spacial score (nSPS) is 10.6. The molecule has 2 aromatic rings. The van der Waals surface area contributed by atoms with E-state index < -0.39 is 0 Å². The minimum atomic E-state index is 0.105. The molecule has 1 heterocycles. The van der Waals surface area contributed by atoms with E-state index in [4.69, 9.17) is 15.9 Å². The molecule has 0 saturated heterocycles. The molecule has 0 bridgehead atoms. The predicted octanol–water partition coefficient (Wildman–Crippen LogP) is 3.10. The fourth-order valence-corrected chi connectivity index (χ4v) is 2.53. The number of benzene rings is 1. The Kier molecular flexibility index (Phi) is 4.71. The average molecular weight is 274 g/mol. The largest absolute Gasteiger partial charge is 0.384 e. The molecule has 0 fully saturated rings. The van der Waals surface area contributed by atoms with Crippen molar-refractivity contribution < 1.29 is 4.74 Å². The number of hydrogen-bond donors (Lipinski definition) is 2. The molecule has 0 atom stereocenters. The monoisotopic (exact) mass is 274 g/mol. The van der Waals surface area contributed by atoms with E-state index >= 15 is 0 Å². The topological polar surface area (TPSA) is 59.1 Å². The second-order valence-electron chi connectivity index (χ2n) is 4.44. The molecule has 4 heteroatoms. The van der Waals surface area contributed by atoms with Crippen LogP contribution >= 0.6 is 11.3 Å². The number of nitrogens with two attached hydrogens (primary N) is 1. The lowest BCUT2D eigenvalue weighted by atomic mass is 10.1. The Labute approximate surface area is 117 Å². The van der Waals surface area contributed by atoms with E-state index in [-0.39, 0.29) is 5.84 Å². The van der Waals surface area contributed by atoms with E-state index in [1.165, 1.54) is 4.88 Å². The fraction of sp³-hybridized carbons (Fsp3) is 0.267. The van der Waals surface area contributed by atoms with Crippen LogP contribution in [0.5, 0.6) is 0 Å². The van der Waals surface area contributed by atoms with Gasteiger partial charge in [0.2, 0.25) is 0 Å². The number of aryl methyl sites for hydroxylation is 1. The molecule has 0 unspecified atom stereocenters. The number of ether oxygens (including phenoxy) is 1. The highest BCUT2D eigenvalue weighted by atomic mass is 32.1. The van der Waals surface area contributed by atoms with Gasteiger partial charge in [-0.2, -0.15) is 0 Å². The maximum Gasteiger partial charge on any atom is 0.122 e. The highest BCUT2D eigenvalue weighted by Gasteiger charge is 2.02. The summed E-state index contributed by atoms with van der Waals surface area (Å²) in [6.45, 7) is 3.36. The highest BCUT2D eigenvalue weighted by molar-refractivity contribution is 7.09. The molecule has 19 heavy (non-hydrogen) atoms. The van der Waals surface area contributed by atoms with Gasteiger partial charge in [0, 0.05) is 16.9 Å². The molecule has 0 aliphatic heterocycles. The van der Waals surface area contributed by atoms with Crippen LogP contribution in [0.15, 0.2) is 35.7 Å². The molecule has 1 aromatic heterocycles. The third-order valence-electron chi connectivity index (χ3n) is 2.98. The molecule has 3 N–H and O–H groups in total. The Morgan fingerprint density at radius 1 is 1.37 bits per heavy atom. The van der Waals surface area contributed by atoms with Crippen LogP contribution in [0.4, 0.5) is 0 Å². The number of nitrogens with one attached hydrogen (secondary N) is 1. The maximum absolute atomic E-state index is 7.40. The van der Waals surface area contributed by atoms with Gasteiger partial charge in [0.1, 0.15) is 5.84 Å². The average Bonchev–Trinajstić information content (AvgIpc) is 2.89. The van der Waals surface area contributed by atoms with Crippen molar-refractivity contribution >= 4 is 17.2 Å². The number of amidine groups is 1. The van der Waals surface area contributed by atoms with E-state index in [0.29, 0.717) is 6.61 Å². The molecule has 3 nitrogen and oxygen atoms in total. The number of nitrogen functional groups attached to an aromatic ring is 1. The zero-order valence-corrected chi connectivity index (χ0v) is 11.8. The molecular formula is C15H18N2OS. The lowest BCUT2D eigenvalue weighted by Gasteiger charge is -2.08. The third kappa shape index (κ3) is 3.91. The maximum atomic E-state index is 7.40. The summed E-state index contributed by atoms with van der Waals surface area (Å²) in [4.78, 5) is 1.35. The first kappa shape index (κ1) is 13.8. The van der Waals surface area contributed by atoms with Crippen molar-refractivity contribution in [3.8, 4) is 0 Å². The van der Waals surface area contributed by atoms with E-state index in [1.807, 2.05) is 25.1 Å². The Balaban J connectivity index is 1.84. The van der Waals surface area contributed by atoms with E-state index in [2.05, 4.69) is 17.5 Å². The van der Waals surface area contributed by atoms with Gasteiger partial charge >= 0.3 is 0 Å². The quantitative estimate of drug-likeness (QED) is 0.483. The van der Waals surface area contributed by atoms with Gasteiger partial charge in [-0.3, -0.25) is 5.41 Å². The van der Waals surface area contributed by atoms with E-state index in [9.17, 15) is 0 Å². The van der Waals surface area contributed by atoms with Crippen LogP contribution < -0.4 is 5.73 Å². The van der Waals surface area contributed by atoms with Crippen LogP contribution in [-0.2, 0) is 17.8 Å². The van der Waals surface area contributed by atoms with Gasteiger partial charge in [-0.15, -0.1) is 11.3 Å². The first-order chi connectivity index (χ1) is 9.16. The van der Waals surface area contributed by atoms with Gasteiger partial charge in [-0.1, -0.05) is 18.2 Å². The van der Waals surface area contributed by atoms with E-state index in [0.717, 1.165) is 29.7 Å². The summed E-state index contributed by atoms with van der Waals surface area (Å²) in [7, 11) is 0. The molecule has 1 aromatic carbocycles. The van der Waals surface area contributed by atoms with Gasteiger partial charge in [-0.25, -0.2) is 0 Å². The lowest BCUT2D eigenvalue weighted by Crippen LogP contribution is -2.11. The molecule has 0 aliphatic rings. The van der Waals surface area contributed by atoms with Crippen LogP contribution in [0, 0.1) is 12.3 Å². The molecule has 0 amide bonds. The van der Waals surface area contributed by atoms with Crippen molar-refractivity contribution in [2.75, 3.05) is 6.61 Å². The Bertz CT molecular complexity index is 549. The van der Waals surface area contributed by atoms with Gasteiger partial charge in [0.15, 0.2) is 0 Å². The van der Waals surface area contributed by atoms with Gasteiger partial charge in [0.25, 0.3) is 0 Å². The summed E-state index contributed by atoms with van der Waals surface area (Å²) in [5.41, 5.74) is 8.49. The summed E-state index contributed by atoms with van der Waals surface area (Å²) in [6.07, 6.45) is 0.961. The molecule has 100 valence electrons. The lowest BCUT2D eigenvalue weighted by molar-refractivity contribution is 0.124. The van der Waals surface area contributed by atoms with Crippen LogP contribution in [0.3, 0.4) is 0 Å². The summed E-state index contributed by atoms with van der Waals surface area (Å²) in [5.74, 6) is 0.105. The zero-order valence-electron chi connectivity index (χ0n) is 11.0. The summed E-state index contributed by atoms with van der Waals surface area (Å²) < 4.78 is 5.70. The van der Waals surface area contributed by atoms with Crippen molar-refractivity contribution in [1.82, 2.24) is 0 Å². The first-order valence-corrected chi connectivity index (χ1v) is 7.09. The van der Waals surface area contributed by atoms with E-state index in [1.54, 1.807) is 11.3 Å². The van der Waals surface area contributed by atoms with Crippen molar-refractivity contribution in [1.29, 1.82) is 5.41 Å². The standard InChI is InChI=1S/C15H18N2OS/c1-11-9-12(15(16)17)4-5-13(11)10-18-7-6-14-3-2-8-19-14/h2-5,8-9H,6-7,10H2,1H3,(H3,16,17). The van der Waals surface area contributed by atoms with Crippen molar-refractivity contribution in [3.63, 3.8) is 0 Å². The second-order valence-corrected chi connectivity index (χ2v) is 5.47. The zero-order chi connectivity index (χ0) is 13.7. The predicted molar refractivity (Wildman–Crippen MR) is 79.9 cm³/mol. The summed E-state index contributed by atoms with van der Waals surface area (Å²) in [6, 6.07) is 9.97. The van der Waals surface area contributed by atoms with Gasteiger partial charge in [-0.05, 0) is 35.6 Å². The highest BCUT2D eigenvalue weighted by Crippen LogP contribution is 2.13. The Hall–Kier alpha value is -1.65. The Morgan fingerprint density at radius 2 is 2.21 bits per heavy atom. The third-order valence-corrected chi connectivity index (χ3v) is 3.92. The summed E-state index contributed by atoms with van der Waals surface area (Å²) in [5, 5.41) is 9.48. The van der Waals surface area contributed by atoms with Crippen LogP contribution in [-0.4, -0.2) is 12.4 Å². The Morgan fingerprint density at radius 3 is 2.84 bits per heavy atom. The van der Waals surface area contributed by atoms with Crippen molar-refractivity contribution in [2.45, 2.75) is 20.0 Å². The molecule has 0 saturated carbocycles. The second kappa shape index (κ2) is 6.50. The SMILES string of the molecule is Cc1cc(C(=N)N)ccc1COCCc1cccs1. The number of hydrogen-bond acceptors (Lipinski definition) is 3. The number of thiophene rings is 1. The van der Waals surface area contributed by atoms with Crippen molar-refractivity contribution in [3.05, 3.63) is 57.3 Å². The number of rotatable bonds is 6. The molecular weight excluding hydrogens is 256 g/mol. The smallest absolute Gasteiger partial charge is 0.122 e. The molecule has 0 spiro atoms. The van der Waals surface area contributed by atoms with Gasteiger partial charge < -0.3 is 10.5 Å². The van der Waals surface area contributed by atoms with Crippen LogP contribution in [0.1, 0.15) is 21.6 Å². The summed E-state index contributed by atoms with van der Waals surface area (Å²) >= 11 is 1.76. The van der Waals surface area contributed by atoms with Crippen molar-refractivity contribution in [2.24, 2.45) is 5.73 Å². The minimum Gasteiger partial charge on any atom is -0.384 e. The minimum absolute atomic E-state index is 0.105. The van der Waals surface area contributed by atoms with Gasteiger partial charge in [0.05, 0.1) is 13.2 Å². The van der Waals surface area contributed by atoms with Crippen LogP contribution in [0.2, 0.25) is 0 Å². The molecule has 0 aliphatic carbocycles. The fourth-order valence-electron chi connectivity index (χ4n) is 1.84.